The van der Waals surface area contributed by atoms with E-state index in [1.165, 1.54) is 12.8 Å². The Hall–Kier alpha value is -3.67. The SMILES string of the molecule is CCc1cc(N2CC(n3cccn3)C2)ccc1NC(=O)c1c(CC)nn(CCC2CC2)c1NC(=O)CS(C)(=O)=O. The third-order valence-corrected chi connectivity index (χ3v) is 8.31. The van der Waals surface area contributed by atoms with Gasteiger partial charge in [-0.25, -0.2) is 13.1 Å². The summed E-state index contributed by atoms with van der Waals surface area (Å²) in [7, 11) is -3.54. The third kappa shape index (κ3) is 6.38. The number of carbonyl (C=O) groups excluding carboxylic acids is 2. The molecule has 1 saturated heterocycles. The number of anilines is 3. The fraction of sp³-hybridized carbons (Fsp3) is 0.500. The minimum Gasteiger partial charge on any atom is -0.367 e. The van der Waals surface area contributed by atoms with Gasteiger partial charge in [0.1, 0.15) is 17.1 Å². The first-order chi connectivity index (χ1) is 19.1. The lowest BCUT2D eigenvalue weighted by atomic mass is 10.0. The summed E-state index contributed by atoms with van der Waals surface area (Å²) in [5.74, 6) is -0.855. The molecule has 2 N–H and O–H groups in total. The number of carbonyl (C=O) groups is 2. The van der Waals surface area contributed by atoms with Gasteiger partial charge in [0.15, 0.2) is 9.84 Å². The summed E-state index contributed by atoms with van der Waals surface area (Å²) < 4.78 is 27.1. The zero-order valence-electron chi connectivity index (χ0n) is 23.3. The highest BCUT2D eigenvalue weighted by atomic mass is 32.2. The van der Waals surface area contributed by atoms with Crippen molar-refractivity contribution >= 4 is 38.8 Å². The number of benzene rings is 1. The molecule has 3 aromatic rings. The molecule has 1 aliphatic heterocycles. The lowest BCUT2D eigenvalue weighted by molar-refractivity contribution is -0.113. The van der Waals surface area contributed by atoms with Crippen LogP contribution in [0.15, 0.2) is 36.7 Å². The number of sulfone groups is 1. The Bertz CT molecular complexity index is 1490. The van der Waals surface area contributed by atoms with Gasteiger partial charge in [0.05, 0.1) is 11.7 Å². The smallest absolute Gasteiger partial charge is 0.261 e. The number of aryl methyl sites for hydroxylation is 3. The van der Waals surface area contributed by atoms with E-state index >= 15 is 0 Å². The van der Waals surface area contributed by atoms with E-state index in [-0.39, 0.29) is 17.3 Å². The van der Waals surface area contributed by atoms with Crippen LogP contribution in [0, 0.1) is 5.92 Å². The second-order valence-corrected chi connectivity index (χ2v) is 12.9. The van der Waals surface area contributed by atoms with Gasteiger partial charge in [-0.05, 0) is 55.0 Å². The highest BCUT2D eigenvalue weighted by Gasteiger charge is 2.30. The standard InChI is InChI=1S/C28H37N7O4S/c1-4-20-15-21(33-16-22(17-33)34-13-6-12-29-34)9-10-24(20)30-28(37)26-23(5-2)32-35(14-11-19-7-8-19)27(26)31-25(36)18-40(3,38)39/h6,9-10,12-13,15,19,22H,4-5,7-8,11,14,16-18H2,1-3H3,(H,30,37)(H,31,36). The van der Waals surface area contributed by atoms with E-state index in [0.717, 1.165) is 43.4 Å². The largest absolute Gasteiger partial charge is 0.367 e. The molecular formula is C28H37N7O4S. The molecule has 1 aliphatic carbocycles. The molecule has 3 heterocycles. The quantitative estimate of drug-likeness (QED) is 0.343. The van der Waals surface area contributed by atoms with E-state index in [1.54, 1.807) is 10.9 Å². The van der Waals surface area contributed by atoms with Crippen molar-refractivity contribution < 1.29 is 18.0 Å². The van der Waals surface area contributed by atoms with Gasteiger partial charge in [0.2, 0.25) is 5.91 Å². The average Bonchev–Trinajstić information content (AvgIpc) is 3.42. The Kier molecular flexibility index (Phi) is 7.97. The molecule has 5 rings (SSSR count). The normalized spacial score (nSPS) is 15.6. The van der Waals surface area contributed by atoms with Gasteiger partial charge in [0, 0.05) is 49.7 Å². The monoisotopic (exact) mass is 567 g/mol. The minimum atomic E-state index is -3.54. The predicted molar refractivity (Wildman–Crippen MR) is 155 cm³/mol. The van der Waals surface area contributed by atoms with E-state index in [2.05, 4.69) is 31.8 Å². The summed E-state index contributed by atoms with van der Waals surface area (Å²) in [6, 6.07) is 8.29. The zero-order valence-corrected chi connectivity index (χ0v) is 24.1. The van der Waals surface area contributed by atoms with Crippen LogP contribution in [0.1, 0.15) is 60.8 Å². The van der Waals surface area contributed by atoms with Crippen LogP contribution in [0.25, 0.3) is 0 Å². The van der Waals surface area contributed by atoms with Crippen LogP contribution in [0.5, 0.6) is 0 Å². The van der Waals surface area contributed by atoms with Crippen molar-refractivity contribution in [2.75, 3.05) is 40.6 Å². The summed E-state index contributed by atoms with van der Waals surface area (Å²) >= 11 is 0. The summed E-state index contributed by atoms with van der Waals surface area (Å²) in [6.45, 7) is 6.23. The van der Waals surface area contributed by atoms with Crippen molar-refractivity contribution in [1.82, 2.24) is 19.6 Å². The third-order valence-electron chi connectivity index (χ3n) is 7.53. The van der Waals surface area contributed by atoms with Gasteiger partial charge in [0.25, 0.3) is 5.91 Å². The topological polar surface area (TPSA) is 131 Å². The van der Waals surface area contributed by atoms with Crippen molar-refractivity contribution in [2.24, 2.45) is 5.92 Å². The molecule has 1 saturated carbocycles. The Balaban J connectivity index is 1.36. The maximum absolute atomic E-state index is 13.7. The number of hydrogen-bond donors (Lipinski definition) is 2. The number of aromatic nitrogens is 4. The first-order valence-corrected chi connectivity index (χ1v) is 16.0. The second kappa shape index (κ2) is 11.4. The fourth-order valence-corrected chi connectivity index (χ4v) is 5.66. The molecule has 0 spiro atoms. The molecule has 40 heavy (non-hydrogen) atoms. The van der Waals surface area contributed by atoms with E-state index < -0.39 is 21.5 Å². The lowest BCUT2D eigenvalue weighted by Crippen LogP contribution is -2.48. The molecule has 2 amide bonds. The van der Waals surface area contributed by atoms with E-state index in [1.807, 2.05) is 42.9 Å². The van der Waals surface area contributed by atoms with Gasteiger partial charge in [-0.1, -0.05) is 26.7 Å². The van der Waals surface area contributed by atoms with Crippen LogP contribution >= 0.6 is 0 Å². The predicted octanol–water partition coefficient (Wildman–Crippen LogP) is 3.30. The fourth-order valence-electron chi connectivity index (χ4n) is 5.11. The molecule has 2 aromatic heterocycles. The van der Waals surface area contributed by atoms with Crippen LogP contribution < -0.4 is 15.5 Å². The van der Waals surface area contributed by atoms with Gasteiger partial charge in [-0.15, -0.1) is 0 Å². The van der Waals surface area contributed by atoms with Crippen LogP contribution in [0.2, 0.25) is 0 Å². The molecule has 2 aliphatic rings. The van der Waals surface area contributed by atoms with Crippen molar-refractivity contribution in [3.8, 4) is 0 Å². The van der Waals surface area contributed by atoms with Crippen molar-refractivity contribution in [3.63, 3.8) is 0 Å². The Morgan fingerprint density at radius 1 is 1.10 bits per heavy atom. The van der Waals surface area contributed by atoms with Crippen LogP contribution in [-0.4, -0.2) is 64.9 Å². The molecule has 214 valence electrons. The molecule has 11 nitrogen and oxygen atoms in total. The van der Waals surface area contributed by atoms with Crippen LogP contribution in [0.4, 0.5) is 17.2 Å². The maximum Gasteiger partial charge on any atom is 0.261 e. The van der Waals surface area contributed by atoms with Gasteiger partial charge < -0.3 is 15.5 Å². The first kappa shape index (κ1) is 27.9. The molecule has 0 bridgehead atoms. The molecular weight excluding hydrogens is 530 g/mol. The minimum absolute atomic E-state index is 0.253. The van der Waals surface area contributed by atoms with Crippen molar-refractivity contribution in [1.29, 1.82) is 0 Å². The summed E-state index contributed by atoms with van der Waals surface area (Å²) in [5, 5.41) is 14.7. The zero-order chi connectivity index (χ0) is 28.4. The molecule has 0 radical (unpaired) electrons. The lowest BCUT2D eigenvalue weighted by Gasteiger charge is -2.41. The van der Waals surface area contributed by atoms with Crippen LogP contribution in [0.3, 0.4) is 0 Å². The van der Waals surface area contributed by atoms with Crippen molar-refractivity contribution in [2.45, 2.75) is 58.5 Å². The molecule has 0 unspecified atom stereocenters. The Morgan fingerprint density at radius 2 is 1.88 bits per heavy atom. The number of nitrogens with zero attached hydrogens (tertiary/aromatic N) is 5. The van der Waals surface area contributed by atoms with Gasteiger partial charge in [-0.3, -0.25) is 14.3 Å². The van der Waals surface area contributed by atoms with Crippen LogP contribution in [-0.2, 0) is 34.0 Å². The Labute approximate surface area is 234 Å². The molecule has 2 fully saturated rings. The molecule has 12 heteroatoms. The Morgan fingerprint density at radius 3 is 2.50 bits per heavy atom. The highest BCUT2D eigenvalue weighted by Crippen LogP contribution is 2.34. The van der Waals surface area contributed by atoms with E-state index in [9.17, 15) is 18.0 Å². The number of rotatable bonds is 12. The van der Waals surface area contributed by atoms with E-state index in [4.69, 9.17) is 0 Å². The second-order valence-electron chi connectivity index (χ2n) is 10.8. The van der Waals surface area contributed by atoms with Gasteiger partial charge in [-0.2, -0.15) is 10.2 Å². The summed E-state index contributed by atoms with van der Waals surface area (Å²) in [6.07, 6.45) is 9.21. The summed E-state index contributed by atoms with van der Waals surface area (Å²) in [4.78, 5) is 28.6. The molecule has 1 aromatic carbocycles. The average molecular weight is 568 g/mol. The maximum atomic E-state index is 13.7. The van der Waals surface area contributed by atoms with Gasteiger partial charge >= 0.3 is 0 Å². The van der Waals surface area contributed by atoms with E-state index in [0.29, 0.717) is 36.3 Å². The summed E-state index contributed by atoms with van der Waals surface area (Å²) in [5.41, 5.74) is 3.62. The highest BCUT2D eigenvalue weighted by molar-refractivity contribution is 7.91. The number of nitrogens with one attached hydrogen (secondary N) is 2. The number of amides is 2. The molecule has 0 atom stereocenters. The number of hydrogen-bond acceptors (Lipinski definition) is 7. The first-order valence-electron chi connectivity index (χ1n) is 13.9. The van der Waals surface area contributed by atoms with Crippen molar-refractivity contribution in [3.05, 3.63) is 53.5 Å².